The van der Waals surface area contributed by atoms with Crippen LogP contribution < -0.4 is 10.3 Å². The molecular formula is C19H21N3O3. The smallest absolute Gasteiger partial charge is 0.251 e. The van der Waals surface area contributed by atoms with Gasteiger partial charge in [-0.3, -0.25) is 9.69 Å². The van der Waals surface area contributed by atoms with E-state index in [-0.39, 0.29) is 11.7 Å². The first-order valence-corrected chi connectivity index (χ1v) is 8.50. The minimum absolute atomic E-state index is 0.136. The quantitative estimate of drug-likeness (QED) is 0.925. The second-order valence-corrected chi connectivity index (χ2v) is 6.50. The number of nitrogens with zero attached hydrogens (tertiary/aromatic N) is 2. The topological polar surface area (TPSA) is 67.5 Å². The van der Waals surface area contributed by atoms with E-state index in [4.69, 9.17) is 9.47 Å². The van der Waals surface area contributed by atoms with Crippen molar-refractivity contribution in [3.05, 3.63) is 63.3 Å². The van der Waals surface area contributed by atoms with E-state index in [0.717, 1.165) is 24.4 Å². The second kappa shape index (κ2) is 6.82. The van der Waals surface area contributed by atoms with Gasteiger partial charge in [0.2, 0.25) is 0 Å². The summed E-state index contributed by atoms with van der Waals surface area (Å²) in [6.45, 7) is 5.42. The fourth-order valence-electron chi connectivity index (χ4n) is 3.31. The summed E-state index contributed by atoms with van der Waals surface area (Å²) in [6.07, 6.45) is 1.99. The Labute approximate surface area is 146 Å². The Morgan fingerprint density at radius 3 is 3.12 bits per heavy atom. The van der Waals surface area contributed by atoms with E-state index in [0.29, 0.717) is 31.3 Å². The van der Waals surface area contributed by atoms with Crippen molar-refractivity contribution in [1.29, 1.82) is 0 Å². The van der Waals surface area contributed by atoms with Crippen LogP contribution in [0.5, 0.6) is 5.75 Å². The van der Waals surface area contributed by atoms with Gasteiger partial charge in [0.05, 0.1) is 6.61 Å². The molecular weight excluding hydrogens is 318 g/mol. The number of aryl methyl sites for hydroxylation is 1. The number of morpholine rings is 1. The number of fused-ring (bicyclic) bond motifs is 1. The second-order valence-electron chi connectivity index (χ2n) is 6.50. The summed E-state index contributed by atoms with van der Waals surface area (Å²) < 4.78 is 11.7. The fourth-order valence-corrected chi connectivity index (χ4v) is 3.31. The van der Waals surface area contributed by atoms with E-state index in [2.05, 4.69) is 27.0 Å². The van der Waals surface area contributed by atoms with Crippen LogP contribution in [-0.2, 0) is 4.74 Å². The van der Waals surface area contributed by atoms with Gasteiger partial charge in [0, 0.05) is 37.0 Å². The summed E-state index contributed by atoms with van der Waals surface area (Å²) >= 11 is 0. The molecule has 25 heavy (non-hydrogen) atoms. The zero-order valence-corrected chi connectivity index (χ0v) is 14.2. The molecule has 2 aliphatic rings. The van der Waals surface area contributed by atoms with Crippen LogP contribution in [0.3, 0.4) is 0 Å². The van der Waals surface area contributed by atoms with E-state index in [1.807, 2.05) is 25.1 Å². The third-order valence-corrected chi connectivity index (χ3v) is 4.46. The van der Waals surface area contributed by atoms with E-state index in [1.165, 1.54) is 11.6 Å². The van der Waals surface area contributed by atoms with Crippen molar-refractivity contribution in [2.45, 2.75) is 13.0 Å². The van der Waals surface area contributed by atoms with Crippen LogP contribution in [0, 0.1) is 6.92 Å². The predicted molar refractivity (Wildman–Crippen MR) is 94.6 cm³/mol. The normalized spacial score (nSPS) is 20.5. The van der Waals surface area contributed by atoms with Crippen LogP contribution in [0.2, 0.25) is 0 Å². The van der Waals surface area contributed by atoms with Crippen LogP contribution in [-0.4, -0.2) is 47.7 Å². The maximum atomic E-state index is 11.7. The number of aromatic nitrogens is 2. The number of para-hydroxylation sites is 1. The Balaban J connectivity index is 1.47. The molecule has 0 amide bonds. The van der Waals surface area contributed by atoms with Crippen LogP contribution in [0.1, 0.15) is 23.2 Å². The van der Waals surface area contributed by atoms with E-state index >= 15 is 0 Å². The maximum absolute atomic E-state index is 11.7. The fraction of sp³-hybridized carbons (Fsp3) is 0.368. The molecule has 0 bridgehead atoms. The lowest BCUT2D eigenvalue weighted by atomic mass is 10.1. The van der Waals surface area contributed by atoms with Gasteiger partial charge >= 0.3 is 0 Å². The molecule has 1 N–H and O–H groups in total. The number of hydrogen-bond donors (Lipinski definition) is 1. The highest BCUT2D eigenvalue weighted by atomic mass is 16.5. The van der Waals surface area contributed by atoms with E-state index in [9.17, 15) is 4.79 Å². The molecule has 4 rings (SSSR count). The summed E-state index contributed by atoms with van der Waals surface area (Å²) in [7, 11) is 0. The average molecular weight is 339 g/mol. The Bertz CT molecular complexity index is 859. The molecule has 130 valence electrons. The molecule has 0 aliphatic carbocycles. The predicted octanol–water partition coefficient (Wildman–Crippen LogP) is 1.93. The lowest BCUT2D eigenvalue weighted by Crippen LogP contribution is -2.41. The average Bonchev–Trinajstić information content (AvgIpc) is 2.61. The third kappa shape index (κ3) is 3.65. The standard InChI is InChI=1S/C19H21N3O3/c1-13-8-18(23)21-19(20-13)17-11-22(6-7-24-17)10-14-9-15-4-2-3-5-16(15)25-12-14/h2-5,8-9,17H,6-7,10-12H2,1H3,(H,20,21,23)/t17-/m0/s1. The molecule has 1 atom stereocenters. The van der Waals surface area contributed by atoms with Gasteiger partial charge in [-0.25, -0.2) is 4.98 Å². The van der Waals surface area contributed by atoms with Crippen LogP contribution >= 0.6 is 0 Å². The van der Waals surface area contributed by atoms with Crippen molar-refractivity contribution in [2.24, 2.45) is 0 Å². The SMILES string of the molecule is Cc1cc(=O)[nH]c([C@@H]2CN(CC3=Cc4ccccc4OC3)CCO2)n1. The van der Waals surface area contributed by atoms with Gasteiger partial charge in [-0.1, -0.05) is 18.2 Å². The molecule has 1 fully saturated rings. The van der Waals surface area contributed by atoms with Crippen molar-refractivity contribution in [3.63, 3.8) is 0 Å². The van der Waals surface area contributed by atoms with Crippen LogP contribution in [0.4, 0.5) is 0 Å². The van der Waals surface area contributed by atoms with Crippen molar-refractivity contribution in [2.75, 3.05) is 32.8 Å². The Morgan fingerprint density at radius 1 is 1.36 bits per heavy atom. The number of aromatic amines is 1. The first-order valence-electron chi connectivity index (χ1n) is 8.50. The minimum atomic E-state index is -0.209. The van der Waals surface area contributed by atoms with Crippen LogP contribution in [0.25, 0.3) is 6.08 Å². The summed E-state index contributed by atoms with van der Waals surface area (Å²) in [5, 5.41) is 0. The summed E-state index contributed by atoms with van der Waals surface area (Å²) in [5.41, 5.74) is 2.94. The first-order chi connectivity index (χ1) is 12.2. The maximum Gasteiger partial charge on any atom is 0.251 e. The number of ether oxygens (including phenoxy) is 2. The number of hydrogen-bond acceptors (Lipinski definition) is 5. The van der Waals surface area contributed by atoms with Crippen molar-refractivity contribution in [3.8, 4) is 5.75 Å². The Hall–Kier alpha value is -2.44. The summed E-state index contributed by atoms with van der Waals surface area (Å²) in [4.78, 5) is 21.2. The Morgan fingerprint density at radius 2 is 2.24 bits per heavy atom. The molecule has 0 unspecified atom stereocenters. The molecule has 0 spiro atoms. The highest BCUT2D eigenvalue weighted by Crippen LogP contribution is 2.27. The molecule has 0 radical (unpaired) electrons. The number of rotatable bonds is 3. The van der Waals surface area contributed by atoms with Crippen LogP contribution in [0.15, 0.2) is 40.7 Å². The molecule has 0 saturated carbocycles. The molecule has 3 heterocycles. The molecule has 2 aromatic rings. The third-order valence-electron chi connectivity index (χ3n) is 4.46. The minimum Gasteiger partial charge on any atom is -0.489 e. The molecule has 6 heteroatoms. The number of benzene rings is 1. The lowest BCUT2D eigenvalue weighted by molar-refractivity contribution is -0.0319. The van der Waals surface area contributed by atoms with Gasteiger partial charge in [0.25, 0.3) is 5.56 Å². The zero-order chi connectivity index (χ0) is 17.2. The molecule has 2 aliphatic heterocycles. The van der Waals surface area contributed by atoms with Gasteiger partial charge < -0.3 is 14.5 Å². The highest BCUT2D eigenvalue weighted by molar-refractivity contribution is 5.62. The zero-order valence-electron chi connectivity index (χ0n) is 14.2. The van der Waals surface area contributed by atoms with Crippen molar-refractivity contribution < 1.29 is 9.47 Å². The van der Waals surface area contributed by atoms with Crippen molar-refractivity contribution in [1.82, 2.24) is 14.9 Å². The number of nitrogens with one attached hydrogen (secondary N) is 1. The van der Waals surface area contributed by atoms with Crippen molar-refractivity contribution >= 4 is 6.08 Å². The summed E-state index contributed by atoms with van der Waals surface area (Å²) in [5.74, 6) is 1.54. The molecule has 1 aromatic heterocycles. The van der Waals surface area contributed by atoms with Gasteiger partial charge in [-0.15, -0.1) is 0 Å². The first kappa shape index (κ1) is 16.1. The largest absolute Gasteiger partial charge is 0.489 e. The van der Waals surface area contributed by atoms with Gasteiger partial charge in [0.1, 0.15) is 24.3 Å². The van der Waals surface area contributed by atoms with E-state index in [1.54, 1.807) is 0 Å². The van der Waals surface area contributed by atoms with Gasteiger partial charge in [0.15, 0.2) is 0 Å². The number of H-pyrrole nitrogens is 1. The highest BCUT2D eigenvalue weighted by Gasteiger charge is 2.25. The van der Waals surface area contributed by atoms with Gasteiger partial charge in [-0.05, 0) is 24.6 Å². The molecule has 1 saturated heterocycles. The molecule has 1 aromatic carbocycles. The summed E-state index contributed by atoms with van der Waals surface area (Å²) in [6, 6.07) is 9.56. The van der Waals surface area contributed by atoms with Gasteiger partial charge in [-0.2, -0.15) is 0 Å². The Kier molecular flexibility index (Phi) is 4.38. The van der Waals surface area contributed by atoms with E-state index < -0.39 is 0 Å². The molecule has 6 nitrogen and oxygen atoms in total. The monoisotopic (exact) mass is 339 g/mol. The lowest BCUT2D eigenvalue weighted by Gasteiger charge is -2.33.